The number of aromatic nitrogens is 1. The van der Waals surface area contributed by atoms with Gasteiger partial charge in [0.15, 0.2) is 0 Å². The summed E-state index contributed by atoms with van der Waals surface area (Å²) in [5.41, 5.74) is 1.29. The number of para-hydroxylation sites is 1. The molecule has 0 spiro atoms. The van der Waals surface area contributed by atoms with E-state index in [1.165, 1.54) is 12.1 Å². The van der Waals surface area contributed by atoms with E-state index in [2.05, 4.69) is 25.8 Å². The third-order valence-electron chi connectivity index (χ3n) is 5.02. The molecule has 0 saturated carbocycles. The predicted octanol–water partition coefficient (Wildman–Crippen LogP) is 6.83. The van der Waals surface area contributed by atoms with Crippen LogP contribution < -0.4 is 0 Å². The van der Waals surface area contributed by atoms with Gasteiger partial charge in [-0.05, 0) is 22.4 Å². The highest BCUT2D eigenvalue weighted by Gasteiger charge is 2.38. The number of nitrogens with zero attached hydrogens (tertiary/aromatic N) is 1. The van der Waals surface area contributed by atoms with Crippen molar-refractivity contribution < 1.29 is 8.78 Å². The number of pyridine rings is 1. The highest BCUT2D eigenvalue weighted by Crippen LogP contribution is 2.40. The Hall–Kier alpha value is -2.81. The molecule has 0 aliphatic rings. The van der Waals surface area contributed by atoms with Crippen molar-refractivity contribution in [1.82, 2.24) is 4.98 Å². The van der Waals surface area contributed by atoms with Gasteiger partial charge in [0, 0.05) is 16.3 Å². The van der Waals surface area contributed by atoms with Crippen LogP contribution in [0.3, 0.4) is 0 Å². The number of halogens is 2. The lowest BCUT2D eigenvalue weighted by atomic mass is 9.86. The van der Waals surface area contributed by atoms with E-state index >= 15 is 8.78 Å². The van der Waals surface area contributed by atoms with Crippen molar-refractivity contribution in [3.8, 4) is 0 Å². The Morgan fingerprint density at radius 2 is 1.15 bits per heavy atom. The minimum Gasteiger partial charge on any atom is -0.245 e. The number of benzene rings is 3. The smallest absolute Gasteiger partial charge is 0.245 e. The molecule has 0 amide bonds. The summed E-state index contributed by atoms with van der Waals surface area (Å²) >= 11 is 0. The molecule has 1 aromatic heterocycles. The third kappa shape index (κ3) is 2.97. The van der Waals surface area contributed by atoms with Crippen molar-refractivity contribution in [1.29, 1.82) is 0 Å². The number of hydrogen-bond acceptors (Lipinski definition) is 1. The van der Waals surface area contributed by atoms with Crippen LogP contribution in [0.15, 0.2) is 72.8 Å². The van der Waals surface area contributed by atoms with Crippen molar-refractivity contribution >= 4 is 21.7 Å². The molecule has 0 atom stereocenters. The fraction of sp³-hybridized carbons (Fsp3) is 0.208. The Kier molecular flexibility index (Phi) is 3.99. The van der Waals surface area contributed by atoms with Crippen LogP contribution in [0.25, 0.3) is 21.7 Å². The zero-order valence-electron chi connectivity index (χ0n) is 15.6. The summed E-state index contributed by atoms with van der Waals surface area (Å²) < 4.78 is 31.0. The number of hydrogen-bond donors (Lipinski definition) is 0. The van der Waals surface area contributed by atoms with Gasteiger partial charge in [-0.2, -0.15) is 8.78 Å². The zero-order valence-corrected chi connectivity index (χ0v) is 15.6. The Bertz CT molecular complexity index is 1120. The van der Waals surface area contributed by atoms with E-state index in [1.54, 1.807) is 30.3 Å². The van der Waals surface area contributed by atoms with Crippen LogP contribution in [0.4, 0.5) is 8.78 Å². The zero-order chi connectivity index (χ0) is 19.2. The Labute approximate surface area is 157 Å². The summed E-state index contributed by atoms with van der Waals surface area (Å²) in [5, 5.41) is 2.17. The second-order valence-electron chi connectivity index (χ2n) is 7.92. The first kappa shape index (κ1) is 17.6. The molecule has 27 heavy (non-hydrogen) atoms. The molecule has 136 valence electrons. The van der Waals surface area contributed by atoms with Crippen LogP contribution in [0.1, 0.15) is 37.6 Å². The van der Waals surface area contributed by atoms with Gasteiger partial charge in [0.25, 0.3) is 0 Å². The van der Waals surface area contributed by atoms with Gasteiger partial charge in [0.2, 0.25) is 0 Å². The van der Waals surface area contributed by atoms with Crippen LogP contribution in [-0.2, 0) is 11.3 Å². The molecule has 0 aliphatic heterocycles. The minimum absolute atomic E-state index is 0.0385. The summed E-state index contributed by atoms with van der Waals surface area (Å²) in [6, 6.07) is 21.3. The van der Waals surface area contributed by atoms with Crippen molar-refractivity contribution in [2.75, 3.05) is 0 Å². The van der Waals surface area contributed by atoms with Crippen LogP contribution in [0, 0.1) is 0 Å². The van der Waals surface area contributed by atoms with E-state index in [1.807, 2.05) is 30.3 Å². The van der Waals surface area contributed by atoms with Gasteiger partial charge >= 0.3 is 5.92 Å². The molecule has 3 heteroatoms. The van der Waals surface area contributed by atoms with E-state index < -0.39 is 5.92 Å². The molecular weight excluding hydrogens is 340 g/mol. The minimum atomic E-state index is -3.18. The van der Waals surface area contributed by atoms with E-state index in [0.29, 0.717) is 10.9 Å². The topological polar surface area (TPSA) is 12.9 Å². The maximum absolute atomic E-state index is 15.5. The second kappa shape index (κ2) is 6.12. The molecule has 0 aliphatic carbocycles. The Morgan fingerprint density at radius 1 is 0.630 bits per heavy atom. The standard InChI is InChI=1S/C24H21F2N/c1-23(2,3)16-12-14-17(15-13-16)24(25,26)22-20-10-5-4-8-18(20)19-9-6-7-11-21(19)27-22/h4-15H,1-3H3. The third-order valence-corrected chi connectivity index (χ3v) is 5.02. The molecule has 0 N–H and O–H groups in total. The average Bonchev–Trinajstić information content (AvgIpc) is 2.67. The highest BCUT2D eigenvalue weighted by molar-refractivity contribution is 6.06. The second-order valence-corrected chi connectivity index (χ2v) is 7.92. The summed E-state index contributed by atoms with van der Waals surface area (Å²) in [4.78, 5) is 4.37. The van der Waals surface area contributed by atoms with Crippen molar-refractivity contribution in [2.24, 2.45) is 0 Å². The molecule has 0 bridgehead atoms. The first-order valence-corrected chi connectivity index (χ1v) is 9.05. The fourth-order valence-electron chi connectivity index (χ4n) is 3.46. The summed E-state index contributed by atoms with van der Waals surface area (Å²) in [5.74, 6) is -3.18. The van der Waals surface area contributed by atoms with Crippen LogP contribution >= 0.6 is 0 Å². The number of rotatable bonds is 2. The summed E-state index contributed by atoms with van der Waals surface area (Å²) in [6.07, 6.45) is 0. The highest BCUT2D eigenvalue weighted by atomic mass is 19.3. The quantitative estimate of drug-likeness (QED) is 0.357. The Balaban J connectivity index is 1.94. The lowest BCUT2D eigenvalue weighted by molar-refractivity contribution is 0.0401. The van der Waals surface area contributed by atoms with Gasteiger partial charge in [-0.3, -0.25) is 0 Å². The first-order valence-electron chi connectivity index (χ1n) is 9.05. The molecule has 0 fully saturated rings. The van der Waals surface area contributed by atoms with E-state index in [-0.39, 0.29) is 16.7 Å². The van der Waals surface area contributed by atoms with Gasteiger partial charge in [-0.25, -0.2) is 4.98 Å². The van der Waals surface area contributed by atoms with Gasteiger partial charge in [-0.1, -0.05) is 87.5 Å². The lowest BCUT2D eigenvalue weighted by Crippen LogP contribution is -2.19. The summed E-state index contributed by atoms with van der Waals surface area (Å²) in [7, 11) is 0. The molecular formula is C24H21F2N. The van der Waals surface area contributed by atoms with Gasteiger partial charge in [0.05, 0.1) is 5.52 Å². The van der Waals surface area contributed by atoms with Crippen LogP contribution in [0.2, 0.25) is 0 Å². The van der Waals surface area contributed by atoms with Gasteiger partial charge in [0.1, 0.15) is 5.69 Å². The largest absolute Gasteiger partial charge is 0.315 e. The van der Waals surface area contributed by atoms with E-state index in [4.69, 9.17) is 0 Å². The molecule has 1 nitrogen and oxygen atoms in total. The van der Waals surface area contributed by atoms with Crippen molar-refractivity contribution in [3.05, 3.63) is 89.6 Å². The normalized spacial score (nSPS) is 12.6. The fourth-order valence-corrected chi connectivity index (χ4v) is 3.46. The molecule has 0 unspecified atom stereocenters. The van der Waals surface area contributed by atoms with Gasteiger partial charge in [-0.15, -0.1) is 0 Å². The molecule has 0 saturated heterocycles. The van der Waals surface area contributed by atoms with Crippen LogP contribution in [-0.4, -0.2) is 4.98 Å². The first-order chi connectivity index (χ1) is 12.8. The average molecular weight is 361 g/mol. The van der Waals surface area contributed by atoms with Crippen molar-refractivity contribution in [2.45, 2.75) is 32.1 Å². The van der Waals surface area contributed by atoms with Crippen LogP contribution in [0.5, 0.6) is 0 Å². The maximum atomic E-state index is 15.5. The molecule has 4 rings (SSSR count). The number of alkyl halides is 2. The monoisotopic (exact) mass is 361 g/mol. The number of fused-ring (bicyclic) bond motifs is 3. The molecule has 4 aromatic rings. The van der Waals surface area contributed by atoms with E-state index in [9.17, 15) is 0 Å². The molecule has 3 aromatic carbocycles. The molecule has 1 heterocycles. The van der Waals surface area contributed by atoms with Crippen molar-refractivity contribution in [3.63, 3.8) is 0 Å². The molecule has 0 radical (unpaired) electrons. The Morgan fingerprint density at radius 3 is 1.78 bits per heavy atom. The van der Waals surface area contributed by atoms with E-state index in [0.717, 1.165) is 16.3 Å². The van der Waals surface area contributed by atoms with Gasteiger partial charge < -0.3 is 0 Å². The maximum Gasteiger partial charge on any atom is 0.315 e. The lowest BCUT2D eigenvalue weighted by Gasteiger charge is -2.22. The SMILES string of the molecule is CC(C)(C)c1ccc(C(F)(F)c2nc3ccccc3c3ccccc23)cc1. The summed E-state index contributed by atoms with van der Waals surface area (Å²) in [6.45, 7) is 6.20. The predicted molar refractivity (Wildman–Crippen MR) is 107 cm³/mol.